The lowest BCUT2D eigenvalue weighted by Gasteiger charge is -2.25. The molecular formula is C18H17N5O4S. The van der Waals surface area contributed by atoms with Gasteiger partial charge in [-0.15, -0.1) is 5.10 Å². The monoisotopic (exact) mass is 399 g/mol. The summed E-state index contributed by atoms with van der Waals surface area (Å²) in [6, 6.07) is 11.9. The van der Waals surface area contributed by atoms with E-state index >= 15 is 0 Å². The van der Waals surface area contributed by atoms with Gasteiger partial charge in [-0.1, -0.05) is 12.1 Å². The molecule has 9 nitrogen and oxygen atoms in total. The minimum absolute atomic E-state index is 0.0371. The van der Waals surface area contributed by atoms with Crippen LogP contribution in [0.25, 0.3) is 5.65 Å². The second-order valence-electron chi connectivity index (χ2n) is 6.36. The van der Waals surface area contributed by atoms with Crippen molar-refractivity contribution in [3.05, 3.63) is 64.2 Å². The Bertz CT molecular complexity index is 1230. The van der Waals surface area contributed by atoms with Crippen LogP contribution in [0.5, 0.6) is 0 Å². The molecule has 0 amide bonds. The third-order valence-electron chi connectivity index (χ3n) is 4.55. The summed E-state index contributed by atoms with van der Waals surface area (Å²) in [5, 5.41) is 13.3. The van der Waals surface area contributed by atoms with Crippen molar-refractivity contribution in [1.29, 1.82) is 5.26 Å². The Hall–Kier alpha value is -3.00. The lowest BCUT2D eigenvalue weighted by atomic mass is 10.1. The van der Waals surface area contributed by atoms with Gasteiger partial charge >= 0.3 is 5.69 Å². The molecular weight excluding hydrogens is 382 g/mol. The molecule has 1 aromatic carbocycles. The zero-order chi connectivity index (χ0) is 19.7. The number of sulfonamides is 1. The molecule has 3 heterocycles. The predicted octanol–water partition coefficient (Wildman–Crippen LogP) is 0.437. The lowest BCUT2D eigenvalue weighted by molar-refractivity contribution is 0.0730. The highest BCUT2D eigenvalue weighted by atomic mass is 32.2. The maximum absolute atomic E-state index is 12.8. The summed E-state index contributed by atoms with van der Waals surface area (Å²) in [5.74, 6) is 0. The van der Waals surface area contributed by atoms with Crippen molar-refractivity contribution in [2.75, 3.05) is 26.3 Å². The van der Waals surface area contributed by atoms with E-state index in [0.717, 1.165) is 5.56 Å². The molecule has 144 valence electrons. The smallest absolute Gasteiger partial charge is 0.350 e. The van der Waals surface area contributed by atoms with E-state index < -0.39 is 15.7 Å². The van der Waals surface area contributed by atoms with Crippen molar-refractivity contribution in [2.24, 2.45) is 0 Å². The first kappa shape index (κ1) is 18.4. The van der Waals surface area contributed by atoms with Crippen LogP contribution in [0.15, 0.2) is 52.3 Å². The first-order valence-electron chi connectivity index (χ1n) is 8.65. The van der Waals surface area contributed by atoms with Crippen molar-refractivity contribution >= 4 is 15.7 Å². The normalized spacial score (nSPS) is 15.5. The highest BCUT2D eigenvalue weighted by Gasteiger charge is 2.27. The van der Waals surface area contributed by atoms with Gasteiger partial charge < -0.3 is 4.74 Å². The van der Waals surface area contributed by atoms with Gasteiger partial charge in [-0.3, -0.25) is 0 Å². The minimum Gasteiger partial charge on any atom is -0.379 e. The van der Waals surface area contributed by atoms with E-state index in [4.69, 9.17) is 10.00 Å². The molecule has 10 heteroatoms. The molecule has 0 N–H and O–H groups in total. The van der Waals surface area contributed by atoms with Gasteiger partial charge in [-0.2, -0.15) is 9.57 Å². The number of benzene rings is 1. The average Bonchev–Trinajstić information content (AvgIpc) is 3.03. The number of rotatable bonds is 4. The van der Waals surface area contributed by atoms with Gasteiger partial charge in [0, 0.05) is 19.3 Å². The Morgan fingerprint density at radius 3 is 2.71 bits per heavy atom. The van der Waals surface area contributed by atoms with E-state index in [1.807, 2.05) is 0 Å². The fraction of sp³-hybridized carbons (Fsp3) is 0.278. The van der Waals surface area contributed by atoms with E-state index in [-0.39, 0.29) is 24.5 Å². The molecule has 0 spiro atoms. The van der Waals surface area contributed by atoms with E-state index in [2.05, 4.69) is 11.2 Å². The molecule has 1 aliphatic heterocycles. The van der Waals surface area contributed by atoms with Crippen molar-refractivity contribution in [3.8, 4) is 6.07 Å². The van der Waals surface area contributed by atoms with Gasteiger partial charge in [-0.05, 0) is 29.8 Å². The Morgan fingerprint density at radius 1 is 1.18 bits per heavy atom. The van der Waals surface area contributed by atoms with Gasteiger partial charge in [-0.25, -0.2) is 22.3 Å². The molecule has 1 aliphatic rings. The van der Waals surface area contributed by atoms with Crippen LogP contribution in [0.2, 0.25) is 0 Å². The van der Waals surface area contributed by atoms with Crippen molar-refractivity contribution in [3.63, 3.8) is 0 Å². The quantitative estimate of drug-likeness (QED) is 0.630. The Balaban J connectivity index is 1.70. The lowest BCUT2D eigenvalue weighted by Crippen LogP contribution is -2.40. The molecule has 0 atom stereocenters. The zero-order valence-corrected chi connectivity index (χ0v) is 15.7. The number of fused-ring (bicyclic) bond motifs is 1. The fourth-order valence-corrected chi connectivity index (χ4v) is 4.51. The number of morpholine rings is 1. The van der Waals surface area contributed by atoms with Crippen LogP contribution in [0.3, 0.4) is 0 Å². The highest BCUT2D eigenvalue weighted by molar-refractivity contribution is 7.89. The van der Waals surface area contributed by atoms with Crippen LogP contribution in [0.4, 0.5) is 0 Å². The minimum atomic E-state index is -3.71. The number of aromatic nitrogens is 3. The van der Waals surface area contributed by atoms with Gasteiger partial charge in [0.2, 0.25) is 10.0 Å². The van der Waals surface area contributed by atoms with Gasteiger partial charge in [0.25, 0.3) is 0 Å². The SMILES string of the molecule is N#Cc1cccc(Cn2nc3ccc(S(=O)(=O)N4CCOCC4)cn3c2=O)c1. The molecule has 0 saturated carbocycles. The first-order chi connectivity index (χ1) is 13.5. The van der Waals surface area contributed by atoms with Crippen molar-refractivity contribution in [1.82, 2.24) is 18.5 Å². The number of nitrogens with zero attached hydrogens (tertiary/aromatic N) is 5. The second-order valence-corrected chi connectivity index (χ2v) is 8.30. The Labute approximate surface area is 161 Å². The van der Waals surface area contributed by atoms with Crippen LogP contribution < -0.4 is 5.69 Å². The summed E-state index contributed by atoms with van der Waals surface area (Å²) >= 11 is 0. The molecule has 3 aromatic rings. The van der Waals surface area contributed by atoms with Crippen molar-refractivity contribution < 1.29 is 13.2 Å². The summed E-state index contributed by atoms with van der Waals surface area (Å²) in [6.07, 6.45) is 1.30. The van der Waals surface area contributed by atoms with E-state index in [1.165, 1.54) is 31.7 Å². The van der Waals surface area contributed by atoms with E-state index in [1.54, 1.807) is 24.3 Å². The predicted molar refractivity (Wildman–Crippen MR) is 99.3 cm³/mol. The molecule has 1 saturated heterocycles. The molecule has 0 aliphatic carbocycles. The summed E-state index contributed by atoms with van der Waals surface area (Å²) in [6.45, 7) is 1.44. The standard InChI is InChI=1S/C18H17N5O4S/c19-11-14-2-1-3-15(10-14)12-23-18(24)22-13-16(4-5-17(22)20-23)28(25,26)21-6-8-27-9-7-21/h1-5,10,13H,6-9,12H2. The summed E-state index contributed by atoms with van der Waals surface area (Å²) in [5.41, 5.74) is 1.15. The molecule has 2 aromatic heterocycles. The van der Waals surface area contributed by atoms with Crippen LogP contribution in [-0.2, 0) is 21.3 Å². The fourth-order valence-electron chi connectivity index (χ4n) is 3.10. The zero-order valence-electron chi connectivity index (χ0n) is 14.9. The third kappa shape index (κ3) is 3.31. The average molecular weight is 399 g/mol. The highest BCUT2D eigenvalue weighted by Crippen LogP contribution is 2.17. The Morgan fingerprint density at radius 2 is 1.96 bits per heavy atom. The molecule has 0 bridgehead atoms. The first-order valence-corrected chi connectivity index (χ1v) is 10.1. The maximum Gasteiger partial charge on any atom is 0.350 e. The molecule has 0 unspecified atom stereocenters. The van der Waals surface area contributed by atoms with Crippen LogP contribution >= 0.6 is 0 Å². The van der Waals surface area contributed by atoms with Crippen LogP contribution in [-0.4, -0.2) is 53.2 Å². The molecule has 1 fully saturated rings. The molecule has 4 rings (SSSR count). The van der Waals surface area contributed by atoms with Crippen LogP contribution in [0, 0.1) is 11.3 Å². The van der Waals surface area contributed by atoms with Crippen molar-refractivity contribution in [2.45, 2.75) is 11.4 Å². The van der Waals surface area contributed by atoms with Gasteiger partial charge in [0.05, 0.1) is 36.3 Å². The topological polar surface area (TPSA) is 110 Å². The van der Waals surface area contributed by atoms with E-state index in [9.17, 15) is 13.2 Å². The van der Waals surface area contributed by atoms with E-state index in [0.29, 0.717) is 24.4 Å². The number of hydrogen-bond donors (Lipinski definition) is 0. The number of hydrogen-bond acceptors (Lipinski definition) is 6. The number of nitriles is 1. The second kappa shape index (κ2) is 7.20. The summed E-state index contributed by atoms with van der Waals surface area (Å²) < 4.78 is 34.6. The van der Waals surface area contributed by atoms with Gasteiger partial charge in [0.1, 0.15) is 0 Å². The third-order valence-corrected chi connectivity index (χ3v) is 6.43. The van der Waals surface area contributed by atoms with Gasteiger partial charge in [0.15, 0.2) is 5.65 Å². The maximum atomic E-state index is 12.8. The number of pyridine rings is 1. The molecule has 28 heavy (non-hydrogen) atoms. The number of ether oxygens (including phenoxy) is 1. The molecule has 0 radical (unpaired) electrons. The summed E-state index contributed by atoms with van der Waals surface area (Å²) in [4.78, 5) is 12.7. The van der Waals surface area contributed by atoms with Crippen LogP contribution in [0.1, 0.15) is 11.1 Å². The Kier molecular flexibility index (Phi) is 4.72. The largest absolute Gasteiger partial charge is 0.379 e. The summed E-state index contributed by atoms with van der Waals surface area (Å²) in [7, 11) is -3.71.